The zero-order chi connectivity index (χ0) is 16.2. The summed E-state index contributed by atoms with van der Waals surface area (Å²) < 4.78 is 5.76. The number of pyridine rings is 1. The summed E-state index contributed by atoms with van der Waals surface area (Å²) in [6.07, 6.45) is 4.69. The highest BCUT2D eigenvalue weighted by Gasteiger charge is 2.19. The predicted octanol–water partition coefficient (Wildman–Crippen LogP) is 2.19. The van der Waals surface area contributed by atoms with Gasteiger partial charge in [-0.1, -0.05) is 13.3 Å². The maximum absolute atomic E-state index is 12.9. The molecule has 0 spiro atoms. The van der Waals surface area contributed by atoms with Crippen molar-refractivity contribution in [2.75, 3.05) is 19.7 Å². The lowest BCUT2D eigenvalue weighted by Gasteiger charge is -2.14. The quantitative estimate of drug-likeness (QED) is 0.803. The van der Waals surface area contributed by atoms with Gasteiger partial charge in [0.05, 0.1) is 25.3 Å². The van der Waals surface area contributed by atoms with Crippen LogP contribution >= 0.6 is 0 Å². The van der Waals surface area contributed by atoms with E-state index in [1.165, 1.54) is 30.8 Å². The Labute approximate surface area is 137 Å². The SMILES string of the molecule is CCCCOc1ccc2[nH]c(C)c(C[NH+]3CCCC3)c(=O)c2c1. The minimum Gasteiger partial charge on any atom is -0.494 e. The van der Waals surface area contributed by atoms with Crippen LogP contribution < -0.4 is 15.1 Å². The van der Waals surface area contributed by atoms with Gasteiger partial charge in [-0.15, -0.1) is 0 Å². The summed E-state index contributed by atoms with van der Waals surface area (Å²) in [4.78, 5) is 17.9. The molecule has 124 valence electrons. The molecule has 0 atom stereocenters. The van der Waals surface area contributed by atoms with Gasteiger partial charge in [-0.2, -0.15) is 0 Å². The van der Waals surface area contributed by atoms with Crippen molar-refractivity contribution in [3.05, 3.63) is 39.7 Å². The molecule has 1 fully saturated rings. The summed E-state index contributed by atoms with van der Waals surface area (Å²) in [5.41, 5.74) is 2.99. The van der Waals surface area contributed by atoms with Gasteiger partial charge in [-0.05, 0) is 31.5 Å². The van der Waals surface area contributed by atoms with E-state index < -0.39 is 0 Å². The summed E-state index contributed by atoms with van der Waals surface area (Å²) >= 11 is 0. The molecule has 1 aliphatic rings. The molecule has 2 heterocycles. The van der Waals surface area contributed by atoms with Gasteiger partial charge in [0.15, 0.2) is 5.43 Å². The lowest BCUT2D eigenvalue weighted by molar-refractivity contribution is -0.901. The average molecular weight is 315 g/mol. The Bertz CT molecular complexity index is 730. The highest BCUT2D eigenvalue weighted by Crippen LogP contribution is 2.19. The lowest BCUT2D eigenvalue weighted by atomic mass is 10.1. The standard InChI is InChI=1S/C19H26N2O2/c1-3-4-11-23-15-7-8-18-16(12-15)19(22)17(14(2)20-18)13-21-9-5-6-10-21/h7-8,12H,3-6,9-11,13H2,1-2H3,(H,20,22)/p+1. The third-order valence-electron chi connectivity index (χ3n) is 4.79. The number of ether oxygens (including phenoxy) is 1. The molecule has 23 heavy (non-hydrogen) atoms. The van der Waals surface area contributed by atoms with Crippen molar-refractivity contribution in [3.8, 4) is 5.75 Å². The molecule has 0 aliphatic carbocycles. The van der Waals surface area contributed by atoms with Crippen molar-refractivity contribution in [2.45, 2.75) is 46.1 Å². The van der Waals surface area contributed by atoms with Crippen LogP contribution in [0, 0.1) is 6.92 Å². The third-order valence-corrected chi connectivity index (χ3v) is 4.79. The summed E-state index contributed by atoms with van der Waals surface area (Å²) in [5.74, 6) is 0.791. The van der Waals surface area contributed by atoms with Gasteiger partial charge in [-0.3, -0.25) is 4.79 Å². The smallest absolute Gasteiger partial charge is 0.198 e. The van der Waals surface area contributed by atoms with Crippen LogP contribution in [0.3, 0.4) is 0 Å². The van der Waals surface area contributed by atoms with E-state index in [9.17, 15) is 4.79 Å². The second-order valence-electron chi connectivity index (χ2n) is 6.60. The number of aromatic nitrogens is 1. The molecule has 0 bridgehead atoms. The molecule has 4 heteroatoms. The van der Waals surface area contributed by atoms with Crippen molar-refractivity contribution in [1.29, 1.82) is 0 Å². The first kappa shape index (κ1) is 16.1. The lowest BCUT2D eigenvalue weighted by Crippen LogP contribution is -3.08. The van der Waals surface area contributed by atoms with E-state index in [0.717, 1.165) is 47.3 Å². The highest BCUT2D eigenvalue weighted by atomic mass is 16.5. The highest BCUT2D eigenvalue weighted by molar-refractivity contribution is 5.81. The number of unbranched alkanes of at least 4 members (excludes halogenated alkanes) is 1. The van der Waals surface area contributed by atoms with E-state index in [0.29, 0.717) is 6.61 Å². The molecule has 3 rings (SSSR count). The Morgan fingerprint density at radius 2 is 2.04 bits per heavy atom. The Hall–Kier alpha value is -1.81. The molecule has 2 N–H and O–H groups in total. The van der Waals surface area contributed by atoms with E-state index in [1.807, 2.05) is 25.1 Å². The summed E-state index contributed by atoms with van der Waals surface area (Å²) in [6, 6.07) is 5.79. The van der Waals surface area contributed by atoms with Crippen molar-refractivity contribution in [1.82, 2.24) is 4.98 Å². The minimum absolute atomic E-state index is 0.164. The van der Waals surface area contributed by atoms with Crippen molar-refractivity contribution in [3.63, 3.8) is 0 Å². The van der Waals surface area contributed by atoms with Crippen LogP contribution in [-0.4, -0.2) is 24.7 Å². The van der Waals surface area contributed by atoms with Gasteiger partial charge in [0, 0.05) is 29.4 Å². The average Bonchev–Trinajstić information content (AvgIpc) is 3.05. The van der Waals surface area contributed by atoms with Crippen LogP contribution in [0.2, 0.25) is 0 Å². The minimum atomic E-state index is 0.164. The van der Waals surface area contributed by atoms with Gasteiger partial charge in [0.2, 0.25) is 0 Å². The molecule has 2 aromatic rings. The number of aromatic amines is 1. The number of benzene rings is 1. The summed E-state index contributed by atoms with van der Waals surface area (Å²) in [5, 5.41) is 0.748. The van der Waals surface area contributed by atoms with Crippen molar-refractivity contribution < 1.29 is 9.64 Å². The fourth-order valence-corrected chi connectivity index (χ4v) is 3.37. The number of fused-ring (bicyclic) bond motifs is 1. The van der Waals surface area contributed by atoms with Crippen LogP contribution in [-0.2, 0) is 6.54 Å². The number of nitrogens with one attached hydrogen (secondary N) is 2. The molecule has 0 unspecified atom stereocenters. The Kier molecular flexibility index (Phi) is 5.01. The first-order valence-electron chi connectivity index (χ1n) is 8.81. The molecule has 1 aromatic heterocycles. The number of hydrogen-bond acceptors (Lipinski definition) is 2. The number of likely N-dealkylation sites (tertiary alicyclic amines) is 1. The molecule has 0 radical (unpaired) electrons. The van der Waals surface area contributed by atoms with Gasteiger partial charge in [0.25, 0.3) is 0 Å². The molecular weight excluding hydrogens is 288 g/mol. The summed E-state index contributed by atoms with van der Waals surface area (Å²) in [6.45, 7) is 8.05. The zero-order valence-electron chi connectivity index (χ0n) is 14.2. The molecule has 1 saturated heterocycles. The molecule has 4 nitrogen and oxygen atoms in total. The number of aryl methyl sites for hydroxylation is 1. The zero-order valence-corrected chi connectivity index (χ0v) is 14.2. The maximum atomic E-state index is 12.9. The van der Waals surface area contributed by atoms with Crippen LogP contribution in [0.5, 0.6) is 5.75 Å². The van der Waals surface area contributed by atoms with Gasteiger partial charge < -0.3 is 14.6 Å². The summed E-state index contributed by atoms with van der Waals surface area (Å²) in [7, 11) is 0. The number of H-pyrrole nitrogens is 1. The van der Waals surface area contributed by atoms with Gasteiger partial charge >= 0.3 is 0 Å². The molecule has 0 amide bonds. The van der Waals surface area contributed by atoms with Crippen LogP contribution in [0.1, 0.15) is 43.9 Å². The monoisotopic (exact) mass is 315 g/mol. The number of hydrogen-bond donors (Lipinski definition) is 2. The maximum Gasteiger partial charge on any atom is 0.198 e. The molecule has 0 saturated carbocycles. The largest absolute Gasteiger partial charge is 0.494 e. The van der Waals surface area contributed by atoms with E-state index in [-0.39, 0.29) is 5.43 Å². The van der Waals surface area contributed by atoms with E-state index >= 15 is 0 Å². The topological polar surface area (TPSA) is 46.5 Å². The fraction of sp³-hybridized carbons (Fsp3) is 0.526. The molecule has 1 aliphatic heterocycles. The fourth-order valence-electron chi connectivity index (χ4n) is 3.37. The van der Waals surface area contributed by atoms with Crippen LogP contribution in [0.25, 0.3) is 10.9 Å². The number of rotatable bonds is 6. The third kappa shape index (κ3) is 3.58. The molecular formula is C19H27N2O2+. The predicted molar refractivity (Wildman–Crippen MR) is 93.3 cm³/mol. The Balaban J connectivity index is 1.92. The first-order valence-corrected chi connectivity index (χ1v) is 8.81. The van der Waals surface area contributed by atoms with Crippen LogP contribution in [0.15, 0.2) is 23.0 Å². The Morgan fingerprint density at radius 1 is 1.26 bits per heavy atom. The van der Waals surface area contributed by atoms with Crippen molar-refractivity contribution in [2.24, 2.45) is 0 Å². The second-order valence-corrected chi connectivity index (χ2v) is 6.60. The van der Waals surface area contributed by atoms with Crippen molar-refractivity contribution >= 4 is 10.9 Å². The van der Waals surface area contributed by atoms with Crippen LogP contribution in [0.4, 0.5) is 0 Å². The van der Waals surface area contributed by atoms with Gasteiger partial charge in [-0.25, -0.2) is 0 Å². The van der Waals surface area contributed by atoms with E-state index in [1.54, 1.807) is 0 Å². The normalized spacial score (nSPS) is 15.4. The number of quaternary nitrogens is 1. The first-order chi connectivity index (χ1) is 11.2. The van der Waals surface area contributed by atoms with Gasteiger partial charge in [0.1, 0.15) is 12.3 Å². The molecule has 1 aromatic carbocycles. The Morgan fingerprint density at radius 3 is 2.78 bits per heavy atom. The van der Waals surface area contributed by atoms with E-state index in [4.69, 9.17) is 4.74 Å². The second kappa shape index (κ2) is 7.18. The van der Waals surface area contributed by atoms with E-state index in [2.05, 4.69) is 11.9 Å².